The Hall–Kier alpha value is -0.920. The molecule has 1 aliphatic rings. The Balaban J connectivity index is 1.51. The third-order valence-corrected chi connectivity index (χ3v) is 9.89. The third kappa shape index (κ3) is 13.0. The van der Waals surface area contributed by atoms with Gasteiger partial charge in [-0.1, -0.05) is 86.3 Å². The van der Waals surface area contributed by atoms with Gasteiger partial charge in [0.1, 0.15) is 12.3 Å². The summed E-state index contributed by atoms with van der Waals surface area (Å²) in [6.45, 7) is 2.31. The van der Waals surface area contributed by atoms with Gasteiger partial charge < -0.3 is 20.3 Å². The van der Waals surface area contributed by atoms with E-state index in [0.717, 1.165) is 11.5 Å². The molecule has 1 amide bonds. The van der Waals surface area contributed by atoms with Crippen LogP contribution < -0.4 is 16.6 Å². The number of unbranched alkanes of at least 4 members (excludes halogenated alkanes) is 9. The van der Waals surface area contributed by atoms with Crippen LogP contribution in [0.3, 0.4) is 0 Å². The highest BCUT2D eigenvalue weighted by molar-refractivity contribution is 8.76. The molecule has 1 fully saturated rings. The normalized spacial score (nSPS) is 19.2. The minimum atomic E-state index is -0.883. The summed E-state index contributed by atoms with van der Waals surface area (Å²) in [5, 5.41) is 22.0. The van der Waals surface area contributed by atoms with Crippen LogP contribution in [0.25, 0.3) is 0 Å². The lowest BCUT2D eigenvalue weighted by Gasteiger charge is -2.15. The van der Waals surface area contributed by atoms with Crippen LogP contribution >= 0.6 is 33.3 Å². The number of aliphatic hydroxyl groups excluding tert-OH is 2. The molecule has 0 aliphatic carbocycles. The zero-order chi connectivity index (χ0) is 27.6. The van der Waals surface area contributed by atoms with Gasteiger partial charge in [-0.05, 0) is 6.42 Å². The molecule has 1 aliphatic heterocycles. The van der Waals surface area contributed by atoms with Crippen molar-refractivity contribution in [1.29, 1.82) is 0 Å². The zero-order valence-corrected chi connectivity index (χ0v) is 25.0. The number of rotatable bonds is 21. The van der Waals surface area contributed by atoms with Gasteiger partial charge in [-0.3, -0.25) is 19.1 Å². The molecule has 1 aromatic rings. The predicted octanol–water partition coefficient (Wildman–Crippen LogP) is 4.08. The second kappa shape index (κ2) is 20.0. The lowest BCUT2D eigenvalue weighted by Crippen LogP contribution is -2.33. The number of nitrogens with one attached hydrogen (secondary N) is 2. The molecular formula is C26H45N3O6S3. The molecule has 0 aromatic carbocycles. The van der Waals surface area contributed by atoms with Crippen LogP contribution in [0.2, 0.25) is 0 Å². The highest BCUT2D eigenvalue weighted by Crippen LogP contribution is 2.28. The first-order valence-electron chi connectivity index (χ1n) is 13.9. The van der Waals surface area contributed by atoms with Crippen molar-refractivity contribution in [2.24, 2.45) is 0 Å². The summed E-state index contributed by atoms with van der Waals surface area (Å²) < 4.78 is 6.74. The van der Waals surface area contributed by atoms with Crippen LogP contribution in [-0.4, -0.2) is 68.3 Å². The van der Waals surface area contributed by atoms with Gasteiger partial charge >= 0.3 is 5.69 Å². The maximum absolute atomic E-state index is 12.2. The zero-order valence-electron chi connectivity index (χ0n) is 22.5. The van der Waals surface area contributed by atoms with E-state index in [1.54, 1.807) is 10.8 Å². The van der Waals surface area contributed by atoms with Gasteiger partial charge in [-0.25, -0.2) is 4.79 Å². The summed E-state index contributed by atoms with van der Waals surface area (Å²) in [6.07, 6.45) is 13.0. The van der Waals surface area contributed by atoms with Crippen molar-refractivity contribution in [2.45, 2.75) is 107 Å². The minimum Gasteiger partial charge on any atom is -0.394 e. The SMILES string of the molecule is CCCCCCCCCCCCSSCCC(=O)NCCSc1cn([C@H]2C[C@H](O)[C@@H](CO)O2)c(=O)[nH]c1=O. The molecule has 9 nitrogen and oxygen atoms in total. The number of aromatic nitrogens is 2. The van der Waals surface area contributed by atoms with Gasteiger partial charge in [0.15, 0.2) is 0 Å². The molecule has 0 radical (unpaired) electrons. The maximum Gasteiger partial charge on any atom is 0.330 e. The van der Waals surface area contributed by atoms with Crippen LogP contribution in [0.5, 0.6) is 0 Å². The van der Waals surface area contributed by atoms with Crippen molar-refractivity contribution in [2.75, 3.05) is 30.4 Å². The second-order valence-electron chi connectivity index (χ2n) is 9.55. The summed E-state index contributed by atoms with van der Waals surface area (Å²) in [4.78, 5) is 39.0. The van der Waals surface area contributed by atoms with Gasteiger partial charge in [-0.2, -0.15) is 0 Å². The van der Waals surface area contributed by atoms with Crippen LogP contribution in [0.15, 0.2) is 20.7 Å². The smallest absolute Gasteiger partial charge is 0.330 e. The highest BCUT2D eigenvalue weighted by Gasteiger charge is 2.35. The van der Waals surface area contributed by atoms with Crippen molar-refractivity contribution in [3.05, 3.63) is 27.0 Å². The Morgan fingerprint density at radius 1 is 1.05 bits per heavy atom. The van der Waals surface area contributed by atoms with Crippen molar-refractivity contribution in [3.63, 3.8) is 0 Å². The monoisotopic (exact) mass is 591 g/mol. The topological polar surface area (TPSA) is 134 Å². The first-order valence-corrected chi connectivity index (χ1v) is 17.4. The van der Waals surface area contributed by atoms with Crippen molar-refractivity contribution in [1.82, 2.24) is 14.9 Å². The van der Waals surface area contributed by atoms with Gasteiger partial charge in [0.05, 0.1) is 17.6 Å². The van der Waals surface area contributed by atoms with Gasteiger partial charge in [0.25, 0.3) is 5.56 Å². The average Bonchev–Trinajstić information content (AvgIpc) is 3.28. The number of aromatic amines is 1. The number of carbonyl (C=O) groups excluding carboxylic acids is 1. The Bertz CT molecular complexity index is 913. The van der Waals surface area contributed by atoms with Crippen molar-refractivity contribution < 1.29 is 19.7 Å². The fourth-order valence-electron chi connectivity index (χ4n) is 4.17. The van der Waals surface area contributed by atoms with E-state index in [4.69, 9.17) is 4.74 Å². The number of H-pyrrole nitrogens is 1. The first kappa shape index (κ1) is 33.3. The predicted molar refractivity (Wildman–Crippen MR) is 158 cm³/mol. The van der Waals surface area contributed by atoms with Crippen LogP contribution in [0, 0.1) is 0 Å². The number of hydrogen-bond donors (Lipinski definition) is 4. The van der Waals surface area contributed by atoms with E-state index in [0.29, 0.717) is 23.6 Å². The molecule has 2 heterocycles. The molecule has 38 heavy (non-hydrogen) atoms. The molecule has 0 bridgehead atoms. The number of amides is 1. The Labute approximate surface area is 238 Å². The highest BCUT2D eigenvalue weighted by atomic mass is 33.1. The Kier molecular flexibility index (Phi) is 17.5. The fraction of sp³-hybridized carbons (Fsp3) is 0.808. The van der Waals surface area contributed by atoms with Crippen LogP contribution in [-0.2, 0) is 9.53 Å². The van der Waals surface area contributed by atoms with Crippen LogP contribution in [0.1, 0.15) is 90.2 Å². The van der Waals surface area contributed by atoms with E-state index in [1.807, 2.05) is 10.8 Å². The number of hydrogen-bond acceptors (Lipinski definition) is 9. The molecule has 1 saturated heterocycles. The van der Waals surface area contributed by atoms with Gasteiger partial charge in [0.2, 0.25) is 5.91 Å². The second-order valence-corrected chi connectivity index (χ2v) is 13.4. The minimum absolute atomic E-state index is 0.0140. The standard InChI is InChI=1S/C26H45N3O6S3/c1-2-3-4-5-6-7-8-9-10-11-14-37-38-15-12-23(32)27-13-16-36-22-18-29(26(34)28-25(22)33)24-17-20(31)21(19-30)35-24/h18,20-21,24,30-31H,2-17,19H2,1H3,(H,27,32)(H,28,33,34)/t20-,21+,24+/m0/s1. The number of thioether (sulfide) groups is 1. The lowest BCUT2D eigenvalue weighted by molar-refractivity contribution is -0.120. The van der Waals surface area contributed by atoms with E-state index >= 15 is 0 Å². The maximum atomic E-state index is 12.2. The Morgan fingerprint density at radius 3 is 2.37 bits per heavy atom. The van der Waals surface area contributed by atoms with Gasteiger partial charge in [0, 0.05) is 42.8 Å². The number of carbonyl (C=O) groups is 1. The summed E-state index contributed by atoms with van der Waals surface area (Å²) in [5.74, 6) is 2.36. The fourth-order valence-corrected chi connectivity index (χ4v) is 7.11. The van der Waals surface area contributed by atoms with Gasteiger partial charge in [-0.15, -0.1) is 11.8 Å². The number of ether oxygens (including phenoxy) is 1. The first-order chi connectivity index (χ1) is 18.5. The summed E-state index contributed by atoms with van der Waals surface area (Å²) in [5.41, 5.74) is -1.14. The lowest BCUT2D eigenvalue weighted by atomic mass is 10.1. The van der Waals surface area contributed by atoms with E-state index < -0.39 is 29.7 Å². The molecule has 4 N–H and O–H groups in total. The summed E-state index contributed by atoms with van der Waals surface area (Å²) in [6, 6.07) is 0. The summed E-state index contributed by atoms with van der Waals surface area (Å²) in [7, 11) is 3.58. The number of nitrogens with zero attached hydrogens (tertiary/aromatic N) is 1. The van der Waals surface area contributed by atoms with E-state index in [2.05, 4.69) is 17.2 Å². The molecular weight excluding hydrogens is 547 g/mol. The molecule has 3 atom stereocenters. The molecule has 0 saturated carbocycles. The molecule has 2 rings (SSSR count). The van der Waals surface area contributed by atoms with Crippen molar-refractivity contribution >= 4 is 39.3 Å². The molecule has 0 spiro atoms. The Morgan fingerprint density at radius 2 is 1.71 bits per heavy atom. The largest absolute Gasteiger partial charge is 0.394 e. The quantitative estimate of drug-likeness (QED) is 0.0948. The average molecular weight is 592 g/mol. The molecule has 0 unspecified atom stereocenters. The molecule has 1 aromatic heterocycles. The number of aliphatic hydroxyl groups is 2. The van der Waals surface area contributed by atoms with E-state index in [1.165, 1.54) is 86.7 Å². The van der Waals surface area contributed by atoms with E-state index in [-0.39, 0.29) is 18.9 Å². The molecule has 218 valence electrons. The van der Waals surface area contributed by atoms with Crippen LogP contribution in [0.4, 0.5) is 0 Å². The third-order valence-electron chi connectivity index (χ3n) is 6.39. The summed E-state index contributed by atoms with van der Waals surface area (Å²) >= 11 is 1.23. The van der Waals surface area contributed by atoms with Crippen molar-refractivity contribution in [3.8, 4) is 0 Å². The molecule has 12 heteroatoms. The van der Waals surface area contributed by atoms with E-state index in [9.17, 15) is 24.6 Å².